The van der Waals surface area contributed by atoms with Gasteiger partial charge in [0.25, 0.3) is 0 Å². The van der Waals surface area contributed by atoms with Crippen molar-refractivity contribution in [3.05, 3.63) is 89.0 Å². The van der Waals surface area contributed by atoms with E-state index in [4.69, 9.17) is 24.7 Å². The lowest BCUT2D eigenvalue weighted by Crippen LogP contribution is -2.35. The molecule has 41 heavy (non-hydrogen) atoms. The molecule has 2 aliphatic rings. The van der Waals surface area contributed by atoms with Gasteiger partial charge in [-0.3, -0.25) is 0 Å². The van der Waals surface area contributed by atoms with E-state index in [1.807, 2.05) is 80.6 Å². The molecule has 1 atom stereocenters. The maximum atomic E-state index is 12.5. The number of aryl methyl sites for hydroxylation is 1. The maximum absolute atomic E-state index is 12.5. The van der Waals surface area contributed by atoms with Crippen LogP contribution in [0.25, 0.3) is 0 Å². The van der Waals surface area contributed by atoms with Crippen LogP contribution in [0.15, 0.2) is 66.7 Å². The first-order valence-corrected chi connectivity index (χ1v) is 14.0. The lowest BCUT2D eigenvalue weighted by Gasteiger charge is -2.32. The van der Waals surface area contributed by atoms with E-state index in [-0.39, 0.29) is 12.2 Å². The predicted molar refractivity (Wildman–Crippen MR) is 155 cm³/mol. The first-order valence-electron chi connectivity index (χ1n) is 14.0. The van der Waals surface area contributed by atoms with Crippen molar-refractivity contribution in [3.63, 3.8) is 0 Å². The van der Waals surface area contributed by atoms with Crippen LogP contribution in [-0.2, 0) is 28.9 Å². The second-order valence-electron chi connectivity index (χ2n) is 10.9. The summed E-state index contributed by atoms with van der Waals surface area (Å²) in [5, 5.41) is 2.60. The van der Waals surface area contributed by atoms with Gasteiger partial charge < -0.3 is 34.9 Å². The monoisotopic (exact) mass is 559 g/mol. The van der Waals surface area contributed by atoms with Gasteiger partial charge in [-0.05, 0) is 78.8 Å². The summed E-state index contributed by atoms with van der Waals surface area (Å²) in [6, 6.07) is 21.0. The minimum absolute atomic E-state index is 0.294. The summed E-state index contributed by atoms with van der Waals surface area (Å²) in [5.41, 5.74) is 10.1. The molecular weight excluding hydrogens is 522 g/mol. The van der Waals surface area contributed by atoms with Crippen LogP contribution in [0.2, 0.25) is 0 Å². The number of nitrogens with one attached hydrogen (secondary N) is 1. The van der Waals surface area contributed by atoms with E-state index in [9.17, 15) is 9.59 Å². The van der Waals surface area contributed by atoms with Crippen LogP contribution in [0.1, 0.15) is 55.0 Å². The third kappa shape index (κ3) is 7.70. The molecule has 1 saturated heterocycles. The van der Waals surface area contributed by atoms with Gasteiger partial charge in [0.15, 0.2) is 0 Å². The number of primary amides is 1. The minimum Gasteiger partial charge on any atom is -0.494 e. The zero-order valence-electron chi connectivity index (χ0n) is 23.6. The highest BCUT2D eigenvalue weighted by Gasteiger charge is 2.33. The Hall–Kier alpha value is -4.24. The van der Waals surface area contributed by atoms with Crippen LogP contribution in [0.5, 0.6) is 11.5 Å². The molecule has 9 heteroatoms. The number of carbonyl (C=O) groups excluding carboxylic acids is 2. The van der Waals surface area contributed by atoms with E-state index >= 15 is 0 Å². The molecule has 2 heterocycles. The van der Waals surface area contributed by atoms with Gasteiger partial charge in [0.05, 0.1) is 19.8 Å². The van der Waals surface area contributed by atoms with Crippen molar-refractivity contribution >= 4 is 17.8 Å². The average molecular weight is 560 g/mol. The molecule has 2 aliphatic heterocycles. The van der Waals surface area contributed by atoms with Crippen LogP contribution in [-0.4, -0.2) is 42.5 Å². The zero-order chi connectivity index (χ0) is 28.8. The molecule has 3 amide bonds. The Bertz CT molecular complexity index is 1370. The second kappa shape index (κ2) is 12.5. The fourth-order valence-corrected chi connectivity index (χ4v) is 5.01. The van der Waals surface area contributed by atoms with Gasteiger partial charge in [-0.15, -0.1) is 0 Å². The SMILES string of the molecule is CC1(C)OCc2cc(C3CN(CCc4ccc(OCCCCc5cccc(NC(N)=O)c5)cc4)C(=O)O3)ccc2O1. The Balaban J connectivity index is 1.03. The number of hydrogen-bond acceptors (Lipinski definition) is 6. The first-order chi connectivity index (χ1) is 19.7. The van der Waals surface area contributed by atoms with Crippen molar-refractivity contribution in [1.82, 2.24) is 4.90 Å². The molecule has 1 unspecified atom stereocenters. The molecule has 0 aliphatic carbocycles. The van der Waals surface area contributed by atoms with Gasteiger partial charge in [0, 0.05) is 31.6 Å². The van der Waals surface area contributed by atoms with Crippen LogP contribution in [0.3, 0.4) is 0 Å². The molecule has 216 valence electrons. The topological polar surface area (TPSA) is 112 Å². The molecule has 3 aromatic rings. The Morgan fingerprint density at radius 3 is 2.68 bits per heavy atom. The fourth-order valence-electron chi connectivity index (χ4n) is 5.01. The number of cyclic esters (lactones) is 1. The van der Waals surface area contributed by atoms with Crippen molar-refractivity contribution in [1.29, 1.82) is 0 Å². The number of hydrogen-bond donors (Lipinski definition) is 2. The summed E-state index contributed by atoms with van der Waals surface area (Å²) in [6.07, 6.45) is 2.90. The number of ether oxygens (including phenoxy) is 4. The van der Waals surface area contributed by atoms with Crippen LogP contribution in [0, 0.1) is 0 Å². The van der Waals surface area contributed by atoms with Crippen molar-refractivity contribution < 1.29 is 28.5 Å². The number of unbranched alkanes of at least 4 members (excludes halogenated alkanes) is 1. The standard InChI is InChI=1S/C32H37N3O6/c1-32(2)39-21-25-19-24(11-14-28(25)41-32)29-20-35(31(37)40-29)16-15-22-9-12-27(13-10-22)38-17-4-3-6-23-7-5-8-26(18-23)34-30(33)36/h5,7-14,18-19,29H,3-4,6,15-17,20-21H2,1-2H3,(H3,33,34,36). The van der Waals surface area contributed by atoms with Crippen LogP contribution < -0.4 is 20.5 Å². The number of benzene rings is 3. The second-order valence-corrected chi connectivity index (χ2v) is 10.9. The highest BCUT2D eigenvalue weighted by Crippen LogP contribution is 2.35. The van der Waals surface area contributed by atoms with Gasteiger partial charge in [0.1, 0.15) is 17.6 Å². The first kappa shape index (κ1) is 28.3. The molecule has 3 aromatic carbocycles. The average Bonchev–Trinajstić information content (AvgIpc) is 3.31. The maximum Gasteiger partial charge on any atom is 0.410 e. The van der Waals surface area contributed by atoms with E-state index in [2.05, 4.69) is 5.32 Å². The summed E-state index contributed by atoms with van der Waals surface area (Å²) in [4.78, 5) is 25.3. The molecule has 0 spiro atoms. The van der Waals surface area contributed by atoms with Crippen LogP contribution >= 0.6 is 0 Å². The van der Waals surface area contributed by atoms with Gasteiger partial charge in [-0.25, -0.2) is 9.59 Å². The summed E-state index contributed by atoms with van der Waals surface area (Å²) in [7, 11) is 0. The number of anilines is 1. The highest BCUT2D eigenvalue weighted by molar-refractivity contribution is 5.87. The molecule has 0 radical (unpaired) electrons. The highest BCUT2D eigenvalue weighted by atomic mass is 16.7. The van der Waals surface area contributed by atoms with E-state index < -0.39 is 11.8 Å². The van der Waals surface area contributed by atoms with Crippen molar-refractivity contribution in [2.24, 2.45) is 5.73 Å². The Labute approximate surface area is 240 Å². The third-order valence-electron chi connectivity index (χ3n) is 7.19. The minimum atomic E-state index is -0.642. The number of nitrogens with two attached hydrogens (primary N) is 1. The summed E-state index contributed by atoms with van der Waals surface area (Å²) < 4.78 is 23.2. The molecule has 0 bridgehead atoms. The third-order valence-corrected chi connectivity index (χ3v) is 7.19. The van der Waals surface area contributed by atoms with Gasteiger partial charge >= 0.3 is 12.1 Å². The van der Waals surface area contributed by atoms with E-state index in [1.165, 1.54) is 0 Å². The molecule has 5 rings (SSSR count). The van der Waals surface area contributed by atoms with Gasteiger partial charge in [0.2, 0.25) is 5.79 Å². The van der Waals surface area contributed by atoms with E-state index in [1.54, 1.807) is 4.90 Å². The smallest absolute Gasteiger partial charge is 0.410 e. The molecule has 0 aromatic heterocycles. The Kier molecular flexibility index (Phi) is 8.64. The summed E-state index contributed by atoms with van der Waals surface area (Å²) in [6.45, 7) is 5.96. The summed E-state index contributed by atoms with van der Waals surface area (Å²) in [5.74, 6) is 0.989. The Morgan fingerprint density at radius 2 is 1.88 bits per heavy atom. The zero-order valence-corrected chi connectivity index (χ0v) is 23.6. The van der Waals surface area contributed by atoms with Gasteiger partial charge in [-0.2, -0.15) is 0 Å². The summed E-state index contributed by atoms with van der Waals surface area (Å²) >= 11 is 0. The number of rotatable bonds is 11. The molecule has 3 N–H and O–H groups in total. The van der Waals surface area contributed by atoms with Crippen molar-refractivity contribution in [2.45, 2.75) is 58.0 Å². The number of fused-ring (bicyclic) bond motifs is 1. The molecule has 1 fully saturated rings. The predicted octanol–water partition coefficient (Wildman–Crippen LogP) is 5.96. The lowest BCUT2D eigenvalue weighted by atomic mass is 10.0. The number of nitrogens with zero attached hydrogens (tertiary/aromatic N) is 1. The number of amides is 3. The van der Waals surface area contributed by atoms with Gasteiger partial charge in [-0.1, -0.05) is 30.3 Å². The van der Waals surface area contributed by atoms with E-state index in [0.29, 0.717) is 32.0 Å². The van der Waals surface area contributed by atoms with E-state index in [0.717, 1.165) is 59.4 Å². The normalized spacial score (nSPS) is 17.4. The molecule has 9 nitrogen and oxygen atoms in total. The number of carbonyl (C=O) groups is 2. The van der Waals surface area contributed by atoms with Crippen molar-refractivity contribution in [3.8, 4) is 11.5 Å². The van der Waals surface area contributed by atoms with Crippen molar-refractivity contribution in [2.75, 3.05) is 25.0 Å². The molecule has 0 saturated carbocycles. The quantitative estimate of drug-likeness (QED) is 0.280. The largest absolute Gasteiger partial charge is 0.494 e. The molecular formula is C32H37N3O6. The number of urea groups is 1. The lowest BCUT2D eigenvalue weighted by molar-refractivity contribution is -0.180. The van der Waals surface area contributed by atoms with Crippen LogP contribution in [0.4, 0.5) is 15.3 Å². The fraction of sp³-hybridized carbons (Fsp3) is 0.375. The Morgan fingerprint density at radius 1 is 1.05 bits per heavy atom.